The van der Waals surface area contributed by atoms with Gasteiger partial charge < -0.3 is 14.1 Å². The Morgan fingerprint density at radius 3 is 2.71 bits per heavy atom. The van der Waals surface area contributed by atoms with Crippen LogP contribution in [-0.4, -0.2) is 34.8 Å². The van der Waals surface area contributed by atoms with E-state index in [1.54, 1.807) is 29.3 Å². The Morgan fingerprint density at radius 2 is 2.08 bits per heavy atom. The number of hydrogen-bond acceptors (Lipinski definition) is 5. The molecule has 1 saturated heterocycles. The number of piperidine rings is 1. The summed E-state index contributed by atoms with van der Waals surface area (Å²) < 4.78 is 10.3. The molecule has 7 heteroatoms. The van der Waals surface area contributed by atoms with E-state index in [0.717, 1.165) is 5.56 Å². The summed E-state index contributed by atoms with van der Waals surface area (Å²) in [7, 11) is 0. The van der Waals surface area contributed by atoms with Crippen molar-refractivity contribution in [2.24, 2.45) is 5.92 Å². The summed E-state index contributed by atoms with van der Waals surface area (Å²) in [5, 5.41) is 0.403. The highest BCUT2D eigenvalue weighted by atomic mass is 35.5. The highest BCUT2D eigenvalue weighted by Crippen LogP contribution is 2.21. The maximum Gasteiger partial charge on any atom is 0.309 e. The van der Waals surface area contributed by atoms with Crippen LogP contribution in [0.15, 0.2) is 41.3 Å². The number of esters is 1. The lowest BCUT2D eigenvalue weighted by Crippen LogP contribution is -2.40. The lowest BCUT2D eigenvalue weighted by Gasteiger charge is -2.30. The first-order chi connectivity index (χ1) is 11.6. The summed E-state index contributed by atoms with van der Waals surface area (Å²) in [6.45, 7) is 1.25. The largest absolute Gasteiger partial charge is 0.472 e. The second-order valence-corrected chi connectivity index (χ2v) is 6.06. The van der Waals surface area contributed by atoms with Crippen molar-refractivity contribution in [3.05, 3.63) is 53.2 Å². The van der Waals surface area contributed by atoms with Crippen LogP contribution in [0.25, 0.3) is 0 Å². The maximum absolute atomic E-state index is 12.2. The monoisotopic (exact) mass is 348 g/mol. The quantitative estimate of drug-likeness (QED) is 0.627. The number of amides is 1. The number of ether oxygens (including phenoxy) is 1. The first kappa shape index (κ1) is 16.5. The lowest BCUT2D eigenvalue weighted by atomic mass is 9.96. The molecule has 0 radical (unpaired) electrons. The van der Waals surface area contributed by atoms with E-state index < -0.39 is 0 Å². The molecule has 1 amide bonds. The standard InChI is InChI=1S/C17H17ClN2O4/c18-15-2-1-12(9-19-15)10-24-17(22)13-3-6-20(7-4-13)16(21)14-5-8-23-11-14/h1-2,5,8-9,11,13H,3-4,6-7,10H2. The number of hydrogen-bond donors (Lipinski definition) is 0. The predicted octanol–water partition coefficient (Wildman–Crippen LogP) is 2.92. The summed E-state index contributed by atoms with van der Waals surface area (Å²) >= 11 is 5.72. The van der Waals surface area contributed by atoms with Crippen molar-refractivity contribution in [3.63, 3.8) is 0 Å². The Balaban J connectivity index is 1.46. The minimum atomic E-state index is -0.236. The maximum atomic E-state index is 12.2. The minimum Gasteiger partial charge on any atom is -0.472 e. The van der Waals surface area contributed by atoms with Crippen molar-refractivity contribution in [1.29, 1.82) is 0 Å². The van der Waals surface area contributed by atoms with Crippen molar-refractivity contribution >= 4 is 23.5 Å². The molecule has 1 aliphatic heterocycles. The van der Waals surface area contributed by atoms with E-state index in [9.17, 15) is 9.59 Å². The second-order valence-electron chi connectivity index (χ2n) is 5.68. The van der Waals surface area contributed by atoms with Gasteiger partial charge in [0.15, 0.2) is 0 Å². The minimum absolute atomic E-state index is 0.0668. The summed E-state index contributed by atoms with van der Waals surface area (Å²) in [4.78, 5) is 30.0. The third kappa shape index (κ3) is 3.94. The van der Waals surface area contributed by atoms with Gasteiger partial charge in [-0.2, -0.15) is 0 Å². The van der Waals surface area contributed by atoms with Gasteiger partial charge in [-0.05, 0) is 25.0 Å². The van der Waals surface area contributed by atoms with Gasteiger partial charge in [0.05, 0.1) is 17.7 Å². The molecule has 0 bridgehead atoms. The number of halogens is 1. The van der Waals surface area contributed by atoms with E-state index in [4.69, 9.17) is 20.8 Å². The lowest BCUT2D eigenvalue weighted by molar-refractivity contribution is -0.151. The van der Waals surface area contributed by atoms with Gasteiger partial charge in [-0.3, -0.25) is 9.59 Å². The molecular weight excluding hydrogens is 332 g/mol. The van der Waals surface area contributed by atoms with E-state index in [1.807, 2.05) is 0 Å². The van der Waals surface area contributed by atoms with Crippen molar-refractivity contribution < 1.29 is 18.7 Å². The molecule has 0 unspecified atom stereocenters. The summed E-state index contributed by atoms with van der Waals surface area (Å²) in [5.74, 6) is -0.484. The summed E-state index contributed by atoms with van der Waals surface area (Å²) in [6.07, 6.45) is 5.69. The number of carbonyl (C=O) groups excluding carboxylic acids is 2. The van der Waals surface area contributed by atoms with Gasteiger partial charge in [0.25, 0.3) is 5.91 Å². The molecule has 6 nitrogen and oxygen atoms in total. The number of likely N-dealkylation sites (tertiary alicyclic amines) is 1. The molecule has 0 aliphatic carbocycles. The first-order valence-corrected chi connectivity index (χ1v) is 8.10. The fourth-order valence-electron chi connectivity index (χ4n) is 2.65. The van der Waals surface area contributed by atoms with E-state index in [0.29, 0.717) is 36.6 Å². The molecule has 0 atom stereocenters. The molecule has 126 valence electrons. The molecule has 3 heterocycles. The normalized spacial score (nSPS) is 15.3. The van der Waals surface area contributed by atoms with E-state index in [2.05, 4.69) is 4.98 Å². The molecule has 2 aromatic rings. The van der Waals surface area contributed by atoms with E-state index in [-0.39, 0.29) is 24.4 Å². The van der Waals surface area contributed by atoms with Crippen LogP contribution in [0.2, 0.25) is 5.15 Å². The highest BCUT2D eigenvalue weighted by Gasteiger charge is 2.29. The average Bonchev–Trinajstić information content (AvgIpc) is 3.15. The topological polar surface area (TPSA) is 72.6 Å². The summed E-state index contributed by atoms with van der Waals surface area (Å²) in [5.41, 5.74) is 1.33. The number of nitrogens with zero attached hydrogens (tertiary/aromatic N) is 2. The average molecular weight is 349 g/mol. The second kappa shape index (κ2) is 7.49. The highest BCUT2D eigenvalue weighted by molar-refractivity contribution is 6.29. The molecule has 1 fully saturated rings. The number of carbonyl (C=O) groups is 2. The predicted molar refractivity (Wildman–Crippen MR) is 86.4 cm³/mol. The Bertz CT molecular complexity index is 692. The van der Waals surface area contributed by atoms with Gasteiger partial charge in [0, 0.05) is 24.8 Å². The Kier molecular flexibility index (Phi) is 5.15. The van der Waals surface area contributed by atoms with Gasteiger partial charge in [-0.15, -0.1) is 0 Å². The molecule has 1 aliphatic rings. The van der Waals surface area contributed by atoms with Crippen molar-refractivity contribution in [2.75, 3.05) is 13.1 Å². The molecule has 24 heavy (non-hydrogen) atoms. The van der Waals surface area contributed by atoms with Crippen LogP contribution < -0.4 is 0 Å². The smallest absolute Gasteiger partial charge is 0.309 e. The molecule has 2 aromatic heterocycles. The van der Waals surface area contributed by atoms with Crippen LogP contribution in [0.1, 0.15) is 28.8 Å². The summed E-state index contributed by atoms with van der Waals surface area (Å²) in [6, 6.07) is 5.07. The third-order valence-corrected chi connectivity index (χ3v) is 4.28. The zero-order valence-electron chi connectivity index (χ0n) is 13.0. The van der Waals surface area contributed by atoms with Crippen LogP contribution in [0, 0.1) is 5.92 Å². The van der Waals surface area contributed by atoms with Crippen molar-refractivity contribution in [1.82, 2.24) is 9.88 Å². The number of rotatable bonds is 4. The van der Waals surface area contributed by atoms with Crippen molar-refractivity contribution in [3.8, 4) is 0 Å². The van der Waals surface area contributed by atoms with Crippen molar-refractivity contribution in [2.45, 2.75) is 19.4 Å². The van der Waals surface area contributed by atoms with Crippen LogP contribution in [-0.2, 0) is 16.1 Å². The Morgan fingerprint density at radius 1 is 1.29 bits per heavy atom. The molecule has 0 N–H and O–H groups in total. The van der Waals surface area contributed by atoms with Gasteiger partial charge in [-0.1, -0.05) is 17.7 Å². The Hall–Kier alpha value is -2.34. The van der Waals surface area contributed by atoms with Crippen LogP contribution in [0.4, 0.5) is 0 Å². The van der Waals surface area contributed by atoms with Crippen LogP contribution in [0.5, 0.6) is 0 Å². The number of pyridine rings is 1. The fourth-order valence-corrected chi connectivity index (χ4v) is 2.76. The first-order valence-electron chi connectivity index (χ1n) is 7.72. The van der Waals surface area contributed by atoms with E-state index >= 15 is 0 Å². The molecule has 0 aromatic carbocycles. The molecule has 0 saturated carbocycles. The molecular formula is C17H17ClN2O4. The fraction of sp³-hybridized carbons (Fsp3) is 0.353. The van der Waals surface area contributed by atoms with Gasteiger partial charge in [-0.25, -0.2) is 4.98 Å². The SMILES string of the molecule is O=C(OCc1ccc(Cl)nc1)C1CCN(C(=O)c2ccoc2)CC1. The number of furan rings is 1. The zero-order valence-corrected chi connectivity index (χ0v) is 13.7. The van der Waals surface area contributed by atoms with Gasteiger partial charge in [0.2, 0.25) is 0 Å². The van der Waals surface area contributed by atoms with Crippen LogP contribution in [0.3, 0.4) is 0 Å². The Labute approximate surface area is 144 Å². The van der Waals surface area contributed by atoms with Gasteiger partial charge in [0.1, 0.15) is 18.0 Å². The number of aromatic nitrogens is 1. The van der Waals surface area contributed by atoms with Gasteiger partial charge >= 0.3 is 5.97 Å². The molecule has 0 spiro atoms. The third-order valence-electron chi connectivity index (χ3n) is 4.05. The molecule has 3 rings (SSSR count). The van der Waals surface area contributed by atoms with Crippen LogP contribution >= 0.6 is 11.6 Å². The zero-order chi connectivity index (χ0) is 16.9. The van der Waals surface area contributed by atoms with E-state index in [1.165, 1.54) is 12.5 Å².